The zero-order valence-corrected chi connectivity index (χ0v) is 25.9. The fourth-order valence-corrected chi connectivity index (χ4v) is 6.56. The minimum absolute atomic E-state index is 0.0896. The van der Waals surface area contributed by atoms with Crippen LogP contribution in [0, 0.1) is 13.8 Å². The molecule has 0 spiro atoms. The molecule has 5 aromatic carbocycles. The number of methoxy groups -OCH3 is 1. The van der Waals surface area contributed by atoms with Gasteiger partial charge in [0.05, 0.1) is 17.7 Å². The molecule has 45 heavy (non-hydrogen) atoms. The number of sulfonamides is 1. The molecule has 0 aliphatic heterocycles. The summed E-state index contributed by atoms with van der Waals surface area (Å²) in [4.78, 5) is 19.6. The van der Waals surface area contributed by atoms with E-state index in [2.05, 4.69) is 0 Å². The molecular weight excluding hydrogens is 582 g/mol. The van der Waals surface area contributed by atoms with Crippen molar-refractivity contribution in [1.82, 2.24) is 9.55 Å². The van der Waals surface area contributed by atoms with Crippen LogP contribution in [0.3, 0.4) is 0 Å². The Kier molecular flexibility index (Phi) is 8.06. The van der Waals surface area contributed by atoms with Crippen molar-refractivity contribution >= 4 is 27.4 Å². The molecule has 0 aliphatic rings. The van der Waals surface area contributed by atoms with Gasteiger partial charge in [-0.1, -0.05) is 83.9 Å². The summed E-state index contributed by atoms with van der Waals surface area (Å²) in [6, 6.07) is 39.2. The fourth-order valence-electron chi connectivity index (χ4n) is 5.12. The van der Waals surface area contributed by atoms with Gasteiger partial charge in [-0.15, -0.1) is 0 Å². The second-order valence-corrected chi connectivity index (χ2v) is 12.4. The standard InChI is InChI=1S/C37H31N3O4S/c1-26-14-18-29(19-15-26)35-38-36(40(31-12-8-5-9-13-31)45(42,43)33-24-16-27(2)17-25-33)34(28-20-22-32(44-3)23-21-28)39(35)37(41)30-10-6-4-7-11-30/h4-25H,1-3H3. The van der Waals surface area contributed by atoms with Gasteiger partial charge in [0.25, 0.3) is 15.9 Å². The summed E-state index contributed by atoms with van der Waals surface area (Å²) in [6.45, 7) is 3.88. The van der Waals surface area contributed by atoms with Gasteiger partial charge in [-0.25, -0.2) is 17.7 Å². The molecule has 0 N–H and O–H groups in total. The Morgan fingerprint density at radius 2 is 1.22 bits per heavy atom. The highest BCUT2D eigenvalue weighted by molar-refractivity contribution is 7.93. The van der Waals surface area contributed by atoms with Crippen molar-refractivity contribution in [1.29, 1.82) is 0 Å². The molecule has 0 atom stereocenters. The summed E-state index contributed by atoms with van der Waals surface area (Å²) in [7, 11) is -2.65. The van der Waals surface area contributed by atoms with Crippen LogP contribution in [0.1, 0.15) is 21.5 Å². The first kappa shape index (κ1) is 29.6. The normalized spacial score (nSPS) is 11.3. The van der Waals surface area contributed by atoms with E-state index in [-0.39, 0.29) is 16.6 Å². The third-order valence-corrected chi connectivity index (χ3v) is 9.23. The molecule has 0 bridgehead atoms. The monoisotopic (exact) mass is 613 g/mol. The molecule has 0 unspecified atom stereocenters. The smallest absolute Gasteiger partial charge is 0.269 e. The van der Waals surface area contributed by atoms with E-state index in [1.165, 1.54) is 8.87 Å². The number of carbonyl (C=O) groups excluding carboxylic acids is 1. The summed E-state index contributed by atoms with van der Waals surface area (Å²) >= 11 is 0. The van der Waals surface area contributed by atoms with E-state index in [1.54, 1.807) is 104 Å². The number of benzene rings is 5. The molecule has 1 aromatic heterocycles. The van der Waals surface area contributed by atoms with E-state index >= 15 is 0 Å². The Hall–Kier alpha value is -5.47. The average Bonchev–Trinajstić information content (AvgIpc) is 3.45. The quantitative estimate of drug-likeness (QED) is 0.173. The maximum absolute atomic E-state index is 14.6. The van der Waals surface area contributed by atoms with Gasteiger partial charge >= 0.3 is 0 Å². The molecule has 1 heterocycles. The van der Waals surface area contributed by atoms with E-state index in [0.29, 0.717) is 39.6 Å². The number of para-hydroxylation sites is 1. The van der Waals surface area contributed by atoms with Crippen molar-refractivity contribution in [3.8, 4) is 28.4 Å². The molecule has 0 radical (unpaired) electrons. The summed E-state index contributed by atoms with van der Waals surface area (Å²) in [5.41, 5.74) is 4.33. The number of carbonyl (C=O) groups is 1. The van der Waals surface area contributed by atoms with Crippen LogP contribution in [0.4, 0.5) is 11.5 Å². The third-order valence-electron chi connectivity index (χ3n) is 7.50. The highest BCUT2D eigenvalue weighted by atomic mass is 32.2. The van der Waals surface area contributed by atoms with Crippen molar-refractivity contribution < 1.29 is 17.9 Å². The number of hydrogen-bond donors (Lipinski definition) is 0. The zero-order chi connectivity index (χ0) is 31.6. The van der Waals surface area contributed by atoms with Crippen molar-refractivity contribution in [2.45, 2.75) is 18.7 Å². The predicted octanol–water partition coefficient (Wildman–Crippen LogP) is 8.06. The van der Waals surface area contributed by atoms with Crippen LogP contribution in [0.5, 0.6) is 5.75 Å². The van der Waals surface area contributed by atoms with Crippen LogP contribution < -0.4 is 9.04 Å². The third kappa shape index (κ3) is 5.75. The number of anilines is 2. The summed E-state index contributed by atoms with van der Waals surface area (Å²) < 4.78 is 37.4. The lowest BCUT2D eigenvalue weighted by Gasteiger charge is -2.24. The maximum Gasteiger partial charge on any atom is 0.269 e. The van der Waals surface area contributed by atoms with Gasteiger partial charge in [-0.05, 0) is 74.5 Å². The molecule has 7 nitrogen and oxygen atoms in total. The fraction of sp³-hybridized carbons (Fsp3) is 0.0811. The SMILES string of the molecule is COc1ccc(-c2c(N(c3ccccc3)S(=O)(=O)c3ccc(C)cc3)nc(-c3ccc(C)cc3)n2C(=O)c2ccccc2)cc1. The second kappa shape index (κ2) is 12.3. The molecular formula is C37H31N3O4S. The van der Waals surface area contributed by atoms with E-state index in [0.717, 1.165) is 11.1 Å². The van der Waals surface area contributed by atoms with Crippen LogP contribution in [0.15, 0.2) is 138 Å². The van der Waals surface area contributed by atoms with Gasteiger partial charge in [-0.3, -0.25) is 9.36 Å². The van der Waals surface area contributed by atoms with Crippen LogP contribution in [-0.2, 0) is 10.0 Å². The molecule has 6 rings (SSSR count). The lowest BCUT2D eigenvalue weighted by atomic mass is 10.1. The Balaban J connectivity index is 1.73. The Morgan fingerprint density at radius 3 is 1.80 bits per heavy atom. The molecule has 0 aliphatic carbocycles. The number of rotatable bonds is 8. The predicted molar refractivity (Wildman–Crippen MR) is 178 cm³/mol. The summed E-state index contributed by atoms with van der Waals surface area (Å²) in [5.74, 6) is 0.666. The first-order chi connectivity index (χ1) is 21.8. The second-order valence-electron chi connectivity index (χ2n) is 10.6. The summed E-state index contributed by atoms with van der Waals surface area (Å²) in [6.07, 6.45) is 0. The molecule has 8 heteroatoms. The highest BCUT2D eigenvalue weighted by Gasteiger charge is 2.35. The number of aryl methyl sites for hydroxylation is 2. The molecule has 0 fully saturated rings. The van der Waals surface area contributed by atoms with Crippen molar-refractivity contribution in [3.63, 3.8) is 0 Å². The van der Waals surface area contributed by atoms with Gasteiger partial charge in [-0.2, -0.15) is 0 Å². The minimum Gasteiger partial charge on any atom is -0.497 e. The maximum atomic E-state index is 14.6. The van der Waals surface area contributed by atoms with E-state index < -0.39 is 10.0 Å². The molecule has 6 aromatic rings. The van der Waals surface area contributed by atoms with E-state index in [4.69, 9.17) is 9.72 Å². The number of imidazole rings is 1. The first-order valence-electron chi connectivity index (χ1n) is 14.4. The Labute approximate surface area is 263 Å². The molecule has 0 saturated carbocycles. The van der Waals surface area contributed by atoms with Crippen molar-refractivity contribution in [2.75, 3.05) is 11.4 Å². The number of hydrogen-bond acceptors (Lipinski definition) is 5. The van der Waals surface area contributed by atoms with Crippen molar-refractivity contribution in [3.05, 3.63) is 150 Å². The van der Waals surface area contributed by atoms with Crippen LogP contribution in [0.25, 0.3) is 22.6 Å². The van der Waals surface area contributed by atoms with E-state index in [9.17, 15) is 13.2 Å². The Morgan fingerprint density at radius 1 is 0.689 bits per heavy atom. The van der Waals surface area contributed by atoms with Gasteiger partial charge < -0.3 is 4.74 Å². The van der Waals surface area contributed by atoms with Crippen LogP contribution in [0.2, 0.25) is 0 Å². The molecule has 0 saturated heterocycles. The zero-order valence-electron chi connectivity index (χ0n) is 25.1. The highest BCUT2D eigenvalue weighted by Crippen LogP contribution is 2.42. The average molecular weight is 614 g/mol. The molecule has 224 valence electrons. The first-order valence-corrected chi connectivity index (χ1v) is 15.8. The van der Waals surface area contributed by atoms with Gasteiger partial charge in [0.1, 0.15) is 17.3 Å². The van der Waals surface area contributed by atoms with Crippen LogP contribution in [-0.4, -0.2) is 31.0 Å². The lowest BCUT2D eigenvalue weighted by Crippen LogP contribution is -2.27. The minimum atomic E-state index is -4.23. The number of nitrogens with zero attached hydrogens (tertiary/aromatic N) is 3. The van der Waals surface area contributed by atoms with E-state index in [1.807, 2.05) is 50.2 Å². The largest absolute Gasteiger partial charge is 0.497 e. The lowest BCUT2D eigenvalue weighted by molar-refractivity contribution is 0.0963. The Bertz CT molecular complexity index is 2060. The van der Waals surface area contributed by atoms with Gasteiger partial charge in [0.15, 0.2) is 5.82 Å². The summed E-state index contributed by atoms with van der Waals surface area (Å²) in [5, 5.41) is 0. The van der Waals surface area contributed by atoms with Crippen LogP contribution >= 0.6 is 0 Å². The van der Waals surface area contributed by atoms with Gasteiger partial charge in [0.2, 0.25) is 0 Å². The topological polar surface area (TPSA) is 81.5 Å². The molecule has 0 amide bonds. The van der Waals surface area contributed by atoms with Crippen molar-refractivity contribution in [2.24, 2.45) is 0 Å². The van der Waals surface area contributed by atoms with Gasteiger partial charge in [0, 0.05) is 16.7 Å². The number of ether oxygens (including phenoxy) is 1. The number of aromatic nitrogens is 2.